The van der Waals surface area contributed by atoms with Gasteiger partial charge in [-0.15, -0.1) is 0 Å². The molecule has 0 aliphatic carbocycles. The molecule has 0 spiro atoms. The van der Waals surface area contributed by atoms with Gasteiger partial charge in [-0.3, -0.25) is 9.69 Å². The summed E-state index contributed by atoms with van der Waals surface area (Å²) < 4.78 is 60.6. The number of aliphatic hydroxyl groups excluding tert-OH is 3. The number of rotatable bonds is 11. The molecule has 3 fully saturated rings. The van der Waals surface area contributed by atoms with Crippen LogP contribution in [0.1, 0.15) is 94.9 Å². The van der Waals surface area contributed by atoms with Crippen LogP contribution >= 0.6 is 23.2 Å². The van der Waals surface area contributed by atoms with Crippen LogP contribution < -0.4 is 4.72 Å². The monoisotopic (exact) mass is 969 g/mol. The Hall–Kier alpha value is -1.26. The van der Waals surface area contributed by atoms with E-state index in [0.29, 0.717) is 13.0 Å². The second kappa shape index (κ2) is 22.0. The van der Waals surface area contributed by atoms with Crippen LogP contribution in [-0.4, -0.2) is 175 Å². The lowest BCUT2D eigenvalue weighted by molar-refractivity contribution is -0.302. The van der Waals surface area contributed by atoms with Gasteiger partial charge < -0.3 is 54.1 Å². The summed E-state index contributed by atoms with van der Waals surface area (Å²) in [5.74, 6) is -3.34. The summed E-state index contributed by atoms with van der Waals surface area (Å²) in [4.78, 5) is 18.2. The Morgan fingerprint density at radius 2 is 1.62 bits per heavy atom. The van der Waals surface area contributed by atoms with Gasteiger partial charge in [0.15, 0.2) is 6.29 Å². The summed E-state index contributed by atoms with van der Waals surface area (Å²) in [5.41, 5.74) is -4.56. The minimum Gasteiger partial charge on any atom is -0.459 e. The second-order valence-corrected chi connectivity index (χ2v) is 22.3. The molecule has 18 atom stereocenters. The Bertz CT molecular complexity index is 1810. The highest BCUT2D eigenvalue weighted by Crippen LogP contribution is 2.45. The number of ether oxygens (including phenoxy) is 5. The fourth-order valence-corrected chi connectivity index (χ4v) is 11.9. The molecule has 0 saturated carbocycles. The highest BCUT2D eigenvalue weighted by molar-refractivity contribution is 7.89. The molecule has 3 heterocycles. The van der Waals surface area contributed by atoms with Crippen LogP contribution in [0.3, 0.4) is 0 Å². The predicted octanol–water partition coefficient (Wildman–Crippen LogP) is 3.83. The number of cyclic esters (lactones) is 1. The van der Waals surface area contributed by atoms with E-state index in [9.17, 15) is 38.7 Å². The molecule has 6 N–H and O–H groups in total. The molecule has 1 unspecified atom stereocenters. The van der Waals surface area contributed by atoms with Crippen molar-refractivity contribution in [3.63, 3.8) is 0 Å². The number of benzene rings is 1. The van der Waals surface area contributed by atoms with Crippen molar-refractivity contribution in [1.82, 2.24) is 14.5 Å². The Morgan fingerprint density at radius 1 is 0.984 bits per heavy atom. The number of likely N-dealkylation sites (N-methyl/N-ethyl adjacent to an activating group) is 2. The number of nitrogens with zero attached hydrogens (tertiary/aromatic N) is 2. The molecule has 3 aliphatic rings. The third-order valence-electron chi connectivity index (χ3n) is 14.4. The third kappa shape index (κ3) is 12.5. The number of halogens is 2. The predicted molar refractivity (Wildman–Crippen MR) is 243 cm³/mol. The number of sulfonamides is 1. The van der Waals surface area contributed by atoms with Crippen LogP contribution in [0, 0.1) is 23.7 Å². The molecule has 3 saturated heterocycles. The van der Waals surface area contributed by atoms with Gasteiger partial charge in [0.05, 0.1) is 56.5 Å². The molecule has 1 aromatic rings. The zero-order valence-corrected chi connectivity index (χ0v) is 42.2. The summed E-state index contributed by atoms with van der Waals surface area (Å²) in [6.45, 7) is 18.2. The number of nitrogens with one attached hydrogen (secondary N) is 1. The van der Waals surface area contributed by atoms with E-state index in [1.807, 2.05) is 37.6 Å². The van der Waals surface area contributed by atoms with E-state index in [1.54, 1.807) is 48.6 Å². The summed E-state index contributed by atoms with van der Waals surface area (Å²) in [5, 5.41) is 59.9. The maximum absolute atomic E-state index is 14.5. The second-order valence-electron chi connectivity index (χ2n) is 19.7. The van der Waals surface area contributed by atoms with Crippen molar-refractivity contribution in [2.45, 2.75) is 184 Å². The molecule has 0 bridgehead atoms. The standard InChI is InChI=1S/C45H77Cl2N3O13S/c1-14-35-45(10,56)38(52)28(6)50(12)23-24(2)21-43(8,55)40(26(4)36(27(5)41(54)62-35)34-22-44(9,59-13)39(53)29(7)61-34)63-42-37(51)33(19-25(3)60-42)49(11)18-17-48-64(57,58)30-15-16-31(46)32(47)20-30/h15-16,20,24-29,33-40,42,48,51-53,55-56H,14,17-19,21-23H2,1-13H3/t24-,25-,26+,27-,28-,29+,33+,34-,35-,36?,37-,38-,39+,40-,42+,43-,44-,45-/m1/s1. The Labute approximate surface area is 391 Å². The van der Waals surface area contributed by atoms with Gasteiger partial charge in [-0.1, -0.05) is 50.9 Å². The average molecular weight is 971 g/mol. The summed E-state index contributed by atoms with van der Waals surface area (Å²) in [6.07, 6.45) is -8.09. The van der Waals surface area contributed by atoms with E-state index in [4.69, 9.17) is 46.9 Å². The fourth-order valence-electron chi connectivity index (χ4n) is 10.5. The number of hydrogen-bond donors (Lipinski definition) is 6. The van der Waals surface area contributed by atoms with E-state index >= 15 is 0 Å². The summed E-state index contributed by atoms with van der Waals surface area (Å²) in [7, 11) is 1.15. The number of esters is 1. The summed E-state index contributed by atoms with van der Waals surface area (Å²) in [6, 6.07) is 2.89. The van der Waals surface area contributed by atoms with Crippen LogP contribution in [-0.2, 0) is 38.5 Å². The maximum Gasteiger partial charge on any atom is 0.309 e. The highest BCUT2D eigenvalue weighted by atomic mass is 35.5. The van der Waals surface area contributed by atoms with Crippen LogP contribution in [0.2, 0.25) is 10.0 Å². The van der Waals surface area contributed by atoms with Gasteiger partial charge in [-0.05, 0) is 105 Å². The van der Waals surface area contributed by atoms with Crippen molar-refractivity contribution in [3.05, 3.63) is 28.2 Å². The van der Waals surface area contributed by atoms with Gasteiger partial charge in [0.25, 0.3) is 0 Å². The molecule has 4 rings (SSSR count). The Balaban J connectivity index is 1.74. The molecule has 0 radical (unpaired) electrons. The molecule has 370 valence electrons. The van der Waals surface area contributed by atoms with Crippen molar-refractivity contribution in [2.24, 2.45) is 23.7 Å². The van der Waals surface area contributed by atoms with Gasteiger partial charge in [0, 0.05) is 51.2 Å². The van der Waals surface area contributed by atoms with E-state index in [1.165, 1.54) is 32.2 Å². The van der Waals surface area contributed by atoms with Crippen LogP contribution in [0.4, 0.5) is 0 Å². The topological polar surface area (TPSA) is 217 Å². The third-order valence-corrected chi connectivity index (χ3v) is 16.6. The lowest BCUT2D eigenvalue weighted by Gasteiger charge is -2.51. The molecule has 3 aliphatic heterocycles. The first kappa shape index (κ1) is 55.3. The first-order valence-electron chi connectivity index (χ1n) is 22.6. The van der Waals surface area contributed by atoms with Gasteiger partial charge in [-0.25, -0.2) is 13.1 Å². The normalized spacial score (nSPS) is 42.8. The van der Waals surface area contributed by atoms with E-state index < -0.39 is 118 Å². The van der Waals surface area contributed by atoms with Crippen LogP contribution in [0.5, 0.6) is 0 Å². The average Bonchev–Trinajstić information content (AvgIpc) is 3.21. The van der Waals surface area contributed by atoms with Gasteiger partial charge in [0.2, 0.25) is 10.0 Å². The van der Waals surface area contributed by atoms with Crippen molar-refractivity contribution in [2.75, 3.05) is 40.8 Å². The zero-order valence-electron chi connectivity index (χ0n) is 39.9. The van der Waals surface area contributed by atoms with Gasteiger partial charge in [-0.2, -0.15) is 0 Å². The quantitative estimate of drug-likeness (QED) is 0.174. The zero-order chi connectivity index (χ0) is 48.4. The van der Waals surface area contributed by atoms with Gasteiger partial charge >= 0.3 is 5.97 Å². The van der Waals surface area contributed by atoms with E-state index in [2.05, 4.69) is 4.72 Å². The van der Waals surface area contributed by atoms with Crippen LogP contribution in [0.15, 0.2) is 23.1 Å². The highest BCUT2D eigenvalue weighted by Gasteiger charge is 2.55. The smallest absolute Gasteiger partial charge is 0.309 e. The number of carbonyl (C=O) groups is 1. The van der Waals surface area contributed by atoms with Crippen molar-refractivity contribution < 1.29 is 62.4 Å². The van der Waals surface area contributed by atoms with E-state index in [0.717, 1.165) is 0 Å². The molecular weight excluding hydrogens is 893 g/mol. The molecule has 0 aromatic heterocycles. The first-order chi connectivity index (χ1) is 29.5. The number of methoxy groups -OCH3 is 1. The minimum absolute atomic E-state index is 0.00168. The van der Waals surface area contributed by atoms with Crippen molar-refractivity contribution in [3.8, 4) is 0 Å². The SMILES string of the molecule is CC[C@H]1OC(=O)[C@H](C)C([C@H]2C[C@@](C)(OC)[C@@H](O)[C@H](C)O2)[C@H](C)[C@@H](O[C@@H]2O[C@H](C)C[C@H](N(C)CCNS(=O)(=O)c3ccc(Cl)c(Cl)c3)[C@H]2O)[C@](C)(O)C[C@@H](C)CN(C)[C@H](C)[C@@H](O)[C@]1(C)O. The van der Waals surface area contributed by atoms with E-state index in [-0.39, 0.29) is 53.2 Å². The fraction of sp³-hybridized carbons (Fsp3) is 0.844. The molecule has 64 heavy (non-hydrogen) atoms. The number of hydrogen-bond acceptors (Lipinski definition) is 15. The van der Waals surface area contributed by atoms with Crippen LogP contribution in [0.25, 0.3) is 0 Å². The summed E-state index contributed by atoms with van der Waals surface area (Å²) >= 11 is 12.1. The van der Waals surface area contributed by atoms with Crippen molar-refractivity contribution >= 4 is 39.2 Å². The lowest BCUT2D eigenvalue weighted by Crippen LogP contribution is -2.62. The first-order valence-corrected chi connectivity index (χ1v) is 24.8. The van der Waals surface area contributed by atoms with Crippen molar-refractivity contribution in [1.29, 1.82) is 0 Å². The Kier molecular flexibility index (Phi) is 19.0. The minimum atomic E-state index is -3.94. The molecule has 16 nitrogen and oxygen atoms in total. The number of carbonyl (C=O) groups excluding carboxylic acids is 1. The number of aliphatic hydroxyl groups is 5. The molecular formula is C45H77Cl2N3O13S. The lowest BCUT2D eigenvalue weighted by atomic mass is 9.68. The molecule has 19 heteroatoms. The maximum atomic E-state index is 14.5. The molecule has 0 amide bonds. The Morgan fingerprint density at radius 3 is 2.22 bits per heavy atom. The molecule has 1 aromatic carbocycles. The van der Waals surface area contributed by atoms with Gasteiger partial charge in [0.1, 0.15) is 30.0 Å². The largest absolute Gasteiger partial charge is 0.459 e.